The minimum absolute atomic E-state index is 0.187. The highest BCUT2D eigenvalue weighted by Crippen LogP contribution is 2.46. The van der Waals surface area contributed by atoms with Crippen molar-refractivity contribution in [2.24, 2.45) is 5.92 Å². The van der Waals surface area contributed by atoms with Crippen molar-refractivity contribution in [1.29, 1.82) is 0 Å². The fraction of sp³-hybridized carbons (Fsp3) is 0.588. The van der Waals surface area contributed by atoms with E-state index in [4.69, 9.17) is 0 Å². The molecule has 2 fully saturated rings. The quantitative estimate of drug-likeness (QED) is 0.811. The fourth-order valence-corrected chi connectivity index (χ4v) is 4.18. The molecular formula is C17H23NO. The van der Waals surface area contributed by atoms with Crippen LogP contribution in [-0.4, -0.2) is 29.8 Å². The first-order valence-corrected chi connectivity index (χ1v) is 7.37. The van der Waals surface area contributed by atoms with E-state index >= 15 is 0 Å². The maximum absolute atomic E-state index is 12.2. The highest BCUT2D eigenvalue weighted by Gasteiger charge is 2.47. The zero-order valence-corrected chi connectivity index (χ0v) is 12.1. The van der Waals surface area contributed by atoms with E-state index in [1.165, 1.54) is 24.0 Å². The minimum Gasteiger partial charge on any atom is -0.300 e. The largest absolute Gasteiger partial charge is 0.300 e. The number of hydrogen-bond donors (Lipinski definition) is 0. The summed E-state index contributed by atoms with van der Waals surface area (Å²) in [5.41, 5.74) is 2.65. The van der Waals surface area contributed by atoms with E-state index in [2.05, 4.69) is 43.1 Å². The lowest BCUT2D eigenvalue weighted by atomic mass is 9.74. The molecule has 19 heavy (non-hydrogen) atoms. The SMILES string of the molecule is CC(=O)[C@H]1C2CCC(C[C@@H]1c1ccc(C)cc1)N2C. The summed E-state index contributed by atoms with van der Waals surface area (Å²) in [6.07, 6.45) is 3.58. The Balaban J connectivity index is 1.95. The highest BCUT2D eigenvalue weighted by molar-refractivity contribution is 5.80. The number of aryl methyl sites for hydroxylation is 1. The molecule has 0 aliphatic carbocycles. The molecule has 2 heterocycles. The van der Waals surface area contributed by atoms with Crippen LogP contribution in [-0.2, 0) is 4.79 Å². The molecule has 2 unspecified atom stereocenters. The molecule has 1 aromatic carbocycles. The number of hydrogen-bond acceptors (Lipinski definition) is 2. The highest BCUT2D eigenvalue weighted by atomic mass is 16.1. The third-order valence-corrected chi connectivity index (χ3v) is 5.24. The Bertz CT molecular complexity index is 479. The molecule has 0 spiro atoms. The summed E-state index contributed by atoms with van der Waals surface area (Å²) in [5, 5.41) is 0. The molecule has 3 rings (SSSR count). The lowest BCUT2D eigenvalue weighted by Gasteiger charge is -2.42. The van der Waals surface area contributed by atoms with Gasteiger partial charge in [-0.15, -0.1) is 0 Å². The summed E-state index contributed by atoms with van der Waals surface area (Å²) in [6.45, 7) is 3.89. The second kappa shape index (κ2) is 4.75. The van der Waals surface area contributed by atoms with Gasteiger partial charge in [-0.3, -0.25) is 9.69 Å². The van der Waals surface area contributed by atoms with Crippen LogP contribution in [0.5, 0.6) is 0 Å². The Morgan fingerprint density at radius 2 is 1.89 bits per heavy atom. The Morgan fingerprint density at radius 3 is 2.53 bits per heavy atom. The first-order valence-electron chi connectivity index (χ1n) is 7.37. The van der Waals surface area contributed by atoms with Crippen molar-refractivity contribution in [1.82, 2.24) is 4.90 Å². The summed E-state index contributed by atoms with van der Waals surface area (Å²) < 4.78 is 0. The molecule has 0 radical (unpaired) electrons. The topological polar surface area (TPSA) is 20.3 Å². The average molecular weight is 257 g/mol. The van der Waals surface area contributed by atoms with Gasteiger partial charge in [-0.25, -0.2) is 0 Å². The second-order valence-electron chi connectivity index (χ2n) is 6.35. The van der Waals surface area contributed by atoms with Crippen molar-refractivity contribution in [3.8, 4) is 0 Å². The standard InChI is InChI=1S/C17H23NO/c1-11-4-6-13(7-5-11)15-10-14-8-9-16(18(14)3)17(15)12(2)19/h4-7,14-17H,8-10H2,1-3H3/t14?,15-,16?,17-/m1/s1. The minimum atomic E-state index is 0.187. The molecule has 1 aromatic rings. The second-order valence-corrected chi connectivity index (χ2v) is 6.35. The molecule has 0 aromatic heterocycles. The number of nitrogens with zero attached hydrogens (tertiary/aromatic N) is 1. The summed E-state index contributed by atoms with van der Waals surface area (Å²) >= 11 is 0. The molecule has 102 valence electrons. The van der Waals surface area contributed by atoms with Crippen LogP contribution >= 0.6 is 0 Å². The number of Topliss-reactive ketones (excluding diaryl/α,β-unsaturated/α-hetero) is 1. The molecule has 0 amide bonds. The van der Waals surface area contributed by atoms with Crippen molar-refractivity contribution in [2.75, 3.05) is 7.05 Å². The Labute approximate surface area is 115 Å². The predicted molar refractivity (Wildman–Crippen MR) is 77.3 cm³/mol. The van der Waals surface area contributed by atoms with Crippen molar-refractivity contribution < 1.29 is 4.79 Å². The van der Waals surface area contributed by atoms with E-state index in [0.29, 0.717) is 23.8 Å². The third kappa shape index (κ3) is 2.12. The van der Waals surface area contributed by atoms with Gasteiger partial charge in [-0.05, 0) is 51.6 Å². The van der Waals surface area contributed by atoms with Crippen molar-refractivity contribution in [3.63, 3.8) is 0 Å². The number of ketones is 1. The van der Waals surface area contributed by atoms with E-state index in [-0.39, 0.29) is 5.92 Å². The van der Waals surface area contributed by atoms with Gasteiger partial charge in [-0.1, -0.05) is 29.8 Å². The third-order valence-electron chi connectivity index (χ3n) is 5.24. The number of rotatable bonds is 2. The summed E-state index contributed by atoms with van der Waals surface area (Å²) in [7, 11) is 2.20. The first-order chi connectivity index (χ1) is 9.08. The van der Waals surface area contributed by atoms with Crippen LogP contribution in [0.3, 0.4) is 0 Å². The van der Waals surface area contributed by atoms with Crippen LogP contribution in [0.4, 0.5) is 0 Å². The lowest BCUT2D eigenvalue weighted by molar-refractivity contribution is -0.124. The zero-order chi connectivity index (χ0) is 13.6. The zero-order valence-electron chi connectivity index (χ0n) is 12.1. The van der Waals surface area contributed by atoms with Gasteiger partial charge < -0.3 is 0 Å². The summed E-state index contributed by atoms with van der Waals surface area (Å²) in [6, 6.07) is 9.93. The monoisotopic (exact) mass is 257 g/mol. The molecule has 0 saturated carbocycles. The maximum atomic E-state index is 12.2. The molecule has 2 bridgehead atoms. The van der Waals surface area contributed by atoms with Gasteiger partial charge >= 0.3 is 0 Å². The van der Waals surface area contributed by atoms with Gasteiger partial charge in [-0.2, -0.15) is 0 Å². The fourth-order valence-electron chi connectivity index (χ4n) is 4.18. The van der Waals surface area contributed by atoms with Gasteiger partial charge in [0.05, 0.1) is 0 Å². The van der Waals surface area contributed by atoms with Crippen LogP contribution < -0.4 is 0 Å². The molecule has 2 nitrogen and oxygen atoms in total. The normalized spacial score (nSPS) is 34.5. The Hall–Kier alpha value is -1.15. The average Bonchev–Trinajstić information content (AvgIpc) is 2.63. The smallest absolute Gasteiger partial charge is 0.135 e. The molecular weight excluding hydrogens is 234 g/mol. The van der Waals surface area contributed by atoms with Gasteiger partial charge in [0.2, 0.25) is 0 Å². The van der Waals surface area contributed by atoms with E-state index in [9.17, 15) is 4.79 Å². The van der Waals surface area contributed by atoms with Gasteiger partial charge in [0.1, 0.15) is 5.78 Å². The molecule has 2 aliphatic rings. The maximum Gasteiger partial charge on any atom is 0.135 e. The van der Waals surface area contributed by atoms with Crippen molar-refractivity contribution in [3.05, 3.63) is 35.4 Å². The van der Waals surface area contributed by atoms with E-state index in [0.717, 1.165) is 6.42 Å². The Kier molecular flexibility index (Phi) is 3.22. The van der Waals surface area contributed by atoms with E-state index in [1.807, 2.05) is 0 Å². The van der Waals surface area contributed by atoms with E-state index in [1.54, 1.807) is 6.92 Å². The van der Waals surface area contributed by atoms with Crippen LogP contribution in [0.1, 0.15) is 43.2 Å². The van der Waals surface area contributed by atoms with Crippen LogP contribution in [0.2, 0.25) is 0 Å². The first kappa shape index (κ1) is 12.9. The van der Waals surface area contributed by atoms with Gasteiger partial charge in [0, 0.05) is 18.0 Å². The van der Waals surface area contributed by atoms with Gasteiger partial charge in [0.15, 0.2) is 0 Å². The van der Waals surface area contributed by atoms with Crippen molar-refractivity contribution in [2.45, 2.75) is 51.1 Å². The van der Waals surface area contributed by atoms with Gasteiger partial charge in [0.25, 0.3) is 0 Å². The number of piperidine rings is 1. The number of carbonyl (C=O) groups is 1. The van der Waals surface area contributed by atoms with Crippen LogP contribution in [0.15, 0.2) is 24.3 Å². The number of carbonyl (C=O) groups excluding carboxylic acids is 1. The summed E-state index contributed by atoms with van der Waals surface area (Å²) in [4.78, 5) is 14.6. The number of fused-ring (bicyclic) bond motifs is 2. The van der Waals surface area contributed by atoms with Crippen molar-refractivity contribution >= 4 is 5.78 Å². The molecule has 2 heteroatoms. The Morgan fingerprint density at radius 1 is 1.21 bits per heavy atom. The molecule has 2 saturated heterocycles. The summed E-state index contributed by atoms with van der Waals surface area (Å²) in [5.74, 6) is 0.973. The van der Waals surface area contributed by atoms with Crippen LogP contribution in [0.25, 0.3) is 0 Å². The molecule has 2 aliphatic heterocycles. The molecule has 0 N–H and O–H groups in total. The lowest BCUT2D eigenvalue weighted by Crippen LogP contribution is -2.48. The number of benzene rings is 1. The van der Waals surface area contributed by atoms with Crippen LogP contribution in [0, 0.1) is 12.8 Å². The van der Waals surface area contributed by atoms with E-state index < -0.39 is 0 Å². The predicted octanol–water partition coefficient (Wildman–Crippen LogP) is 3.15. The molecule has 4 atom stereocenters.